The van der Waals surface area contributed by atoms with Gasteiger partial charge in [-0.25, -0.2) is 0 Å². The number of carbonyl (C=O) groups excluding carboxylic acids is 1. The van der Waals surface area contributed by atoms with Gasteiger partial charge in [-0.2, -0.15) is 0 Å². The standard InChI is InChI=1S/C21H28O4/c1-12(2)18-15(25-5)10-14-13(19(18)24)6-7-16-20(14,3)9-8-17(23)21(16,4)11-22/h6-7,10,12,16,22,24H,8-9,11H2,1-5H3/t16-,20-,21-/m1/s1. The molecule has 25 heavy (non-hydrogen) atoms. The van der Waals surface area contributed by atoms with E-state index < -0.39 is 5.41 Å². The summed E-state index contributed by atoms with van der Waals surface area (Å²) in [5.41, 5.74) is 1.52. The molecule has 0 amide bonds. The zero-order valence-electron chi connectivity index (χ0n) is 15.7. The fourth-order valence-electron chi connectivity index (χ4n) is 4.84. The molecule has 0 unspecified atom stereocenters. The van der Waals surface area contributed by atoms with Crippen molar-refractivity contribution in [2.45, 2.75) is 51.9 Å². The Labute approximate surface area is 149 Å². The Hall–Kier alpha value is -1.81. The number of benzene rings is 1. The maximum atomic E-state index is 12.5. The smallest absolute Gasteiger partial charge is 0.141 e. The van der Waals surface area contributed by atoms with Gasteiger partial charge in [0, 0.05) is 28.9 Å². The Morgan fingerprint density at radius 1 is 1.36 bits per heavy atom. The predicted octanol–water partition coefficient (Wildman–Crippen LogP) is 3.79. The van der Waals surface area contributed by atoms with E-state index in [-0.39, 0.29) is 35.4 Å². The molecule has 0 saturated heterocycles. The lowest BCUT2D eigenvalue weighted by molar-refractivity contribution is -0.139. The van der Waals surface area contributed by atoms with Gasteiger partial charge in [0.15, 0.2) is 0 Å². The molecule has 1 aromatic carbocycles. The average molecular weight is 344 g/mol. The molecule has 1 saturated carbocycles. The molecule has 4 nitrogen and oxygen atoms in total. The topological polar surface area (TPSA) is 66.8 Å². The third kappa shape index (κ3) is 2.34. The zero-order valence-corrected chi connectivity index (χ0v) is 15.7. The van der Waals surface area contributed by atoms with Crippen molar-refractivity contribution in [2.24, 2.45) is 11.3 Å². The first kappa shape index (κ1) is 18.0. The van der Waals surface area contributed by atoms with Gasteiger partial charge in [-0.15, -0.1) is 0 Å². The van der Waals surface area contributed by atoms with Gasteiger partial charge in [-0.3, -0.25) is 4.79 Å². The number of aliphatic hydroxyl groups excluding tert-OH is 1. The fourth-order valence-corrected chi connectivity index (χ4v) is 4.84. The minimum atomic E-state index is -0.791. The van der Waals surface area contributed by atoms with Gasteiger partial charge in [0.05, 0.1) is 19.1 Å². The molecule has 0 aliphatic heterocycles. The van der Waals surface area contributed by atoms with E-state index in [1.807, 2.05) is 39.0 Å². The van der Waals surface area contributed by atoms with Gasteiger partial charge in [0.25, 0.3) is 0 Å². The molecular formula is C21H28O4. The highest BCUT2D eigenvalue weighted by atomic mass is 16.5. The molecule has 4 heteroatoms. The molecule has 136 valence electrons. The number of fused-ring (bicyclic) bond motifs is 3. The average Bonchev–Trinajstić information content (AvgIpc) is 2.58. The number of hydrogen-bond acceptors (Lipinski definition) is 4. The van der Waals surface area contributed by atoms with Gasteiger partial charge >= 0.3 is 0 Å². The van der Waals surface area contributed by atoms with Crippen LogP contribution in [0.2, 0.25) is 0 Å². The molecule has 0 heterocycles. The van der Waals surface area contributed by atoms with Crippen LogP contribution in [0.25, 0.3) is 6.08 Å². The molecule has 1 aromatic rings. The minimum absolute atomic E-state index is 0.104. The van der Waals surface area contributed by atoms with Crippen molar-refractivity contribution in [3.63, 3.8) is 0 Å². The Balaban J connectivity index is 2.26. The van der Waals surface area contributed by atoms with Crippen LogP contribution in [0.3, 0.4) is 0 Å². The highest BCUT2D eigenvalue weighted by Gasteiger charge is 2.54. The maximum Gasteiger partial charge on any atom is 0.141 e. The molecular weight excluding hydrogens is 316 g/mol. The van der Waals surface area contributed by atoms with E-state index in [2.05, 4.69) is 6.92 Å². The highest BCUT2D eigenvalue weighted by Crippen LogP contribution is 2.57. The third-order valence-electron chi connectivity index (χ3n) is 6.42. The van der Waals surface area contributed by atoms with Gasteiger partial charge in [0.2, 0.25) is 0 Å². The van der Waals surface area contributed by atoms with E-state index in [1.54, 1.807) is 7.11 Å². The normalized spacial score (nSPS) is 31.0. The van der Waals surface area contributed by atoms with Gasteiger partial charge in [-0.05, 0) is 30.9 Å². The van der Waals surface area contributed by atoms with Gasteiger partial charge in [0.1, 0.15) is 17.3 Å². The van der Waals surface area contributed by atoms with Crippen molar-refractivity contribution in [1.29, 1.82) is 0 Å². The molecule has 2 aliphatic rings. The Kier molecular flexibility index (Phi) is 4.23. The minimum Gasteiger partial charge on any atom is -0.507 e. The van der Waals surface area contributed by atoms with Crippen LogP contribution in [0.5, 0.6) is 11.5 Å². The first-order valence-corrected chi connectivity index (χ1v) is 8.97. The summed E-state index contributed by atoms with van der Waals surface area (Å²) in [6.45, 7) is 7.88. The van der Waals surface area contributed by atoms with E-state index >= 15 is 0 Å². The number of phenols is 1. The number of methoxy groups -OCH3 is 1. The van der Waals surface area contributed by atoms with E-state index in [4.69, 9.17) is 4.74 Å². The first-order valence-electron chi connectivity index (χ1n) is 8.97. The second-order valence-electron chi connectivity index (χ2n) is 8.21. The van der Waals surface area contributed by atoms with Crippen LogP contribution < -0.4 is 4.74 Å². The summed E-state index contributed by atoms with van der Waals surface area (Å²) in [5, 5.41) is 20.9. The largest absolute Gasteiger partial charge is 0.507 e. The van der Waals surface area contributed by atoms with Crippen molar-refractivity contribution in [2.75, 3.05) is 13.7 Å². The van der Waals surface area contributed by atoms with Crippen LogP contribution in [0, 0.1) is 11.3 Å². The lowest BCUT2D eigenvalue weighted by Crippen LogP contribution is -2.53. The third-order valence-corrected chi connectivity index (χ3v) is 6.42. The number of hydrogen-bond donors (Lipinski definition) is 2. The molecule has 3 atom stereocenters. The Morgan fingerprint density at radius 2 is 2.04 bits per heavy atom. The van der Waals surface area contributed by atoms with Crippen LogP contribution in [-0.2, 0) is 10.2 Å². The van der Waals surface area contributed by atoms with Crippen molar-refractivity contribution < 1.29 is 19.7 Å². The zero-order chi connectivity index (χ0) is 18.6. The van der Waals surface area contributed by atoms with Crippen LogP contribution >= 0.6 is 0 Å². The monoisotopic (exact) mass is 344 g/mol. The first-order chi connectivity index (χ1) is 11.7. The fraction of sp³-hybridized carbons (Fsp3) is 0.571. The molecule has 2 aliphatic carbocycles. The second kappa shape index (κ2) is 5.87. The Morgan fingerprint density at radius 3 is 2.60 bits per heavy atom. The number of aromatic hydroxyl groups is 1. The maximum absolute atomic E-state index is 12.5. The second-order valence-corrected chi connectivity index (χ2v) is 8.21. The molecule has 0 aromatic heterocycles. The number of aliphatic hydroxyl groups is 1. The number of allylic oxidation sites excluding steroid dienone is 1. The van der Waals surface area contributed by atoms with Gasteiger partial charge < -0.3 is 14.9 Å². The Bertz CT molecular complexity index is 749. The summed E-state index contributed by atoms with van der Waals surface area (Å²) >= 11 is 0. The summed E-state index contributed by atoms with van der Waals surface area (Å²) in [4.78, 5) is 12.5. The van der Waals surface area contributed by atoms with Gasteiger partial charge in [-0.1, -0.05) is 32.9 Å². The molecule has 0 spiro atoms. The number of ketones is 1. The van der Waals surface area contributed by atoms with E-state index in [0.29, 0.717) is 18.6 Å². The summed E-state index contributed by atoms with van der Waals surface area (Å²) in [6.07, 6.45) is 5.06. The highest BCUT2D eigenvalue weighted by molar-refractivity contribution is 5.88. The molecule has 0 radical (unpaired) electrons. The number of ether oxygens (including phenoxy) is 1. The lowest BCUT2D eigenvalue weighted by atomic mass is 9.51. The van der Waals surface area contributed by atoms with Crippen molar-refractivity contribution in [3.8, 4) is 11.5 Å². The number of carbonyl (C=O) groups is 1. The van der Waals surface area contributed by atoms with E-state index in [9.17, 15) is 15.0 Å². The van der Waals surface area contributed by atoms with Crippen LogP contribution in [0.4, 0.5) is 0 Å². The predicted molar refractivity (Wildman–Crippen MR) is 98.1 cm³/mol. The molecule has 1 fully saturated rings. The number of Topliss-reactive ketones (excluding diaryl/α,β-unsaturated/α-hetero) is 1. The van der Waals surface area contributed by atoms with Crippen molar-refractivity contribution in [3.05, 3.63) is 28.8 Å². The summed E-state index contributed by atoms with van der Waals surface area (Å²) < 4.78 is 5.58. The van der Waals surface area contributed by atoms with Crippen LogP contribution in [0.1, 0.15) is 63.1 Å². The van der Waals surface area contributed by atoms with Crippen LogP contribution in [0.15, 0.2) is 12.1 Å². The summed E-state index contributed by atoms with van der Waals surface area (Å²) in [7, 11) is 1.62. The van der Waals surface area contributed by atoms with E-state index in [1.165, 1.54) is 0 Å². The molecule has 0 bridgehead atoms. The van der Waals surface area contributed by atoms with Crippen molar-refractivity contribution >= 4 is 11.9 Å². The van der Waals surface area contributed by atoms with Crippen molar-refractivity contribution in [1.82, 2.24) is 0 Å². The SMILES string of the molecule is COc1cc2c(c(O)c1C(C)C)C=C[C@H]1[C@@](C)(CO)C(=O)CC[C@]21C. The summed E-state index contributed by atoms with van der Waals surface area (Å²) in [6, 6.07) is 2.02. The molecule has 2 N–H and O–H groups in total. The molecule has 3 rings (SSSR count). The van der Waals surface area contributed by atoms with Crippen LogP contribution in [-0.4, -0.2) is 29.7 Å². The van der Waals surface area contributed by atoms with E-state index in [0.717, 1.165) is 16.7 Å². The number of rotatable bonds is 3. The number of phenolic OH excluding ortho intramolecular Hbond substituents is 1. The summed E-state index contributed by atoms with van der Waals surface area (Å²) in [5.74, 6) is 1.09. The quantitative estimate of drug-likeness (QED) is 0.875. The lowest BCUT2D eigenvalue weighted by Gasteiger charge is -2.51.